The predicted octanol–water partition coefficient (Wildman–Crippen LogP) is 2.29. The molecule has 1 atom stereocenters. The van der Waals surface area contributed by atoms with Gasteiger partial charge in [-0.05, 0) is 31.7 Å². The molecule has 1 unspecified atom stereocenters. The Morgan fingerprint density at radius 2 is 2.12 bits per heavy atom. The van der Waals surface area contributed by atoms with Gasteiger partial charge in [0.15, 0.2) is 0 Å². The van der Waals surface area contributed by atoms with E-state index in [1.54, 1.807) is 12.1 Å². The van der Waals surface area contributed by atoms with Gasteiger partial charge in [-0.25, -0.2) is 4.39 Å². The summed E-state index contributed by atoms with van der Waals surface area (Å²) in [6, 6.07) is 8.48. The normalized spacial score (nSPS) is 11.9. The van der Waals surface area contributed by atoms with Crippen LogP contribution in [0.15, 0.2) is 18.2 Å². The minimum Gasteiger partial charge on any atom is -0.301 e. The molecule has 0 aliphatic rings. The molecule has 17 heavy (non-hydrogen) atoms. The average molecular weight is 231 g/mol. The zero-order valence-electron chi connectivity index (χ0n) is 9.94. The monoisotopic (exact) mass is 231 g/mol. The standard InChI is InChI=1S/C13H14FN3/c1-10(6-15)8-17(2)9-11-3-4-13(14)12(5-11)7-16/h3-5,10H,8-9H2,1-2H3. The van der Waals surface area contributed by atoms with Crippen LogP contribution in [0, 0.1) is 34.4 Å². The van der Waals surface area contributed by atoms with Gasteiger partial charge in [-0.3, -0.25) is 0 Å². The highest BCUT2D eigenvalue weighted by atomic mass is 19.1. The van der Waals surface area contributed by atoms with Crippen LogP contribution in [-0.4, -0.2) is 18.5 Å². The number of benzene rings is 1. The molecule has 0 bridgehead atoms. The Morgan fingerprint density at radius 1 is 1.41 bits per heavy atom. The summed E-state index contributed by atoms with van der Waals surface area (Å²) in [7, 11) is 1.89. The van der Waals surface area contributed by atoms with Crippen molar-refractivity contribution in [2.45, 2.75) is 13.5 Å². The van der Waals surface area contributed by atoms with E-state index in [9.17, 15) is 4.39 Å². The minimum absolute atomic E-state index is 0.0455. The van der Waals surface area contributed by atoms with Crippen molar-refractivity contribution in [3.05, 3.63) is 35.1 Å². The molecule has 3 nitrogen and oxygen atoms in total. The maximum Gasteiger partial charge on any atom is 0.140 e. The Labute approximate surface area is 101 Å². The van der Waals surface area contributed by atoms with E-state index < -0.39 is 5.82 Å². The number of hydrogen-bond donors (Lipinski definition) is 0. The van der Waals surface area contributed by atoms with Crippen LogP contribution in [0.5, 0.6) is 0 Å². The fraction of sp³-hybridized carbons (Fsp3) is 0.385. The van der Waals surface area contributed by atoms with Gasteiger partial charge in [-0.1, -0.05) is 6.07 Å². The lowest BCUT2D eigenvalue weighted by molar-refractivity contribution is 0.303. The maximum absolute atomic E-state index is 13.1. The molecule has 0 aromatic heterocycles. The molecule has 0 amide bonds. The predicted molar refractivity (Wildman–Crippen MR) is 62.2 cm³/mol. The van der Waals surface area contributed by atoms with Crippen LogP contribution >= 0.6 is 0 Å². The Balaban J connectivity index is 2.70. The van der Waals surface area contributed by atoms with Crippen LogP contribution in [0.25, 0.3) is 0 Å². The van der Waals surface area contributed by atoms with Crippen molar-refractivity contribution in [3.63, 3.8) is 0 Å². The van der Waals surface area contributed by atoms with Crippen molar-refractivity contribution < 1.29 is 4.39 Å². The summed E-state index contributed by atoms with van der Waals surface area (Å²) >= 11 is 0. The zero-order valence-corrected chi connectivity index (χ0v) is 9.94. The minimum atomic E-state index is -0.496. The van der Waals surface area contributed by atoms with Crippen LogP contribution in [-0.2, 0) is 6.54 Å². The van der Waals surface area contributed by atoms with Gasteiger partial charge in [-0.2, -0.15) is 10.5 Å². The smallest absolute Gasteiger partial charge is 0.140 e. The molecule has 0 aliphatic carbocycles. The number of nitriles is 2. The summed E-state index contributed by atoms with van der Waals surface area (Å²) in [6.45, 7) is 3.10. The fourth-order valence-corrected chi connectivity index (χ4v) is 1.64. The number of halogens is 1. The Bertz CT molecular complexity index is 471. The van der Waals surface area contributed by atoms with Gasteiger partial charge in [0, 0.05) is 13.1 Å². The lowest BCUT2D eigenvalue weighted by atomic mass is 10.1. The first-order valence-electron chi connectivity index (χ1n) is 5.33. The molecule has 1 rings (SSSR count). The number of rotatable bonds is 4. The highest BCUT2D eigenvalue weighted by Crippen LogP contribution is 2.11. The summed E-state index contributed by atoms with van der Waals surface area (Å²) in [4.78, 5) is 1.97. The van der Waals surface area contributed by atoms with E-state index in [2.05, 4.69) is 6.07 Å². The highest BCUT2D eigenvalue weighted by Gasteiger charge is 2.08. The van der Waals surface area contributed by atoms with E-state index >= 15 is 0 Å². The van der Waals surface area contributed by atoms with Gasteiger partial charge in [0.2, 0.25) is 0 Å². The topological polar surface area (TPSA) is 50.8 Å². The van der Waals surface area contributed by atoms with Crippen molar-refractivity contribution >= 4 is 0 Å². The molecule has 0 radical (unpaired) electrons. The summed E-state index contributed by atoms with van der Waals surface area (Å²) < 4.78 is 13.1. The lowest BCUT2D eigenvalue weighted by Gasteiger charge is -2.17. The van der Waals surface area contributed by atoms with Gasteiger partial charge < -0.3 is 4.90 Å². The van der Waals surface area contributed by atoms with Crippen LogP contribution < -0.4 is 0 Å². The van der Waals surface area contributed by atoms with Crippen LogP contribution in [0.4, 0.5) is 4.39 Å². The van der Waals surface area contributed by atoms with Crippen LogP contribution in [0.1, 0.15) is 18.1 Å². The third kappa shape index (κ3) is 3.86. The molecule has 0 saturated carbocycles. The number of nitrogens with zero attached hydrogens (tertiary/aromatic N) is 3. The molecule has 1 aromatic rings. The average Bonchev–Trinajstić information content (AvgIpc) is 2.31. The van der Waals surface area contributed by atoms with E-state index in [4.69, 9.17) is 10.5 Å². The first kappa shape index (κ1) is 13.2. The van der Waals surface area contributed by atoms with Crippen molar-refractivity contribution in [1.29, 1.82) is 10.5 Å². The first-order valence-corrected chi connectivity index (χ1v) is 5.33. The van der Waals surface area contributed by atoms with Gasteiger partial charge in [0.1, 0.15) is 11.9 Å². The summed E-state index contributed by atoms with van der Waals surface area (Å²) in [5.74, 6) is -0.541. The van der Waals surface area contributed by atoms with E-state index in [1.807, 2.05) is 24.9 Å². The van der Waals surface area contributed by atoms with Gasteiger partial charge in [0.25, 0.3) is 0 Å². The van der Waals surface area contributed by atoms with Crippen molar-refractivity contribution in [3.8, 4) is 12.1 Å². The highest BCUT2D eigenvalue weighted by molar-refractivity contribution is 5.34. The van der Waals surface area contributed by atoms with E-state index in [0.717, 1.165) is 5.56 Å². The second-order valence-corrected chi connectivity index (χ2v) is 4.15. The van der Waals surface area contributed by atoms with Crippen molar-refractivity contribution in [1.82, 2.24) is 4.90 Å². The first-order chi connectivity index (χ1) is 8.06. The zero-order chi connectivity index (χ0) is 12.8. The van der Waals surface area contributed by atoms with E-state index in [-0.39, 0.29) is 11.5 Å². The summed E-state index contributed by atoms with van der Waals surface area (Å²) in [6.07, 6.45) is 0. The molecule has 0 saturated heterocycles. The summed E-state index contributed by atoms with van der Waals surface area (Å²) in [5.41, 5.74) is 0.930. The molecule has 4 heteroatoms. The largest absolute Gasteiger partial charge is 0.301 e. The second-order valence-electron chi connectivity index (χ2n) is 4.15. The Kier molecular flexibility index (Phi) is 4.63. The van der Waals surface area contributed by atoms with Gasteiger partial charge in [0.05, 0.1) is 17.6 Å². The Hall–Kier alpha value is -1.91. The molecular weight excluding hydrogens is 217 g/mol. The van der Waals surface area contributed by atoms with Crippen LogP contribution in [0.2, 0.25) is 0 Å². The van der Waals surface area contributed by atoms with E-state index in [1.165, 1.54) is 6.07 Å². The SMILES string of the molecule is CC(C#N)CN(C)Cc1ccc(F)c(C#N)c1. The number of hydrogen-bond acceptors (Lipinski definition) is 3. The van der Waals surface area contributed by atoms with Crippen molar-refractivity contribution in [2.24, 2.45) is 5.92 Å². The molecule has 0 heterocycles. The second kappa shape index (κ2) is 5.98. The maximum atomic E-state index is 13.1. The third-order valence-electron chi connectivity index (χ3n) is 2.41. The molecule has 0 N–H and O–H groups in total. The lowest BCUT2D eigenvalue weighted by Crippen LogP contribution is -2.23. The molecule has 0 spiro atoms. The molecule has 88 valence electrons. The third-order valence-corrected chi connectivity index (χ3v) is 2.41. The molecule has 0 aliphatic heterocycles. The van der Waals surface area contributed by atoms with E-state index in [0.29, 0.717) is 13.1 Å². The van der Waals surface area contributed by atoms with Gasteiger partial charge in [-0.15, -0.1) is 0 Å². The Morgan fingerprint density at radius 3 is 2.71 bits per heavy atom. The quantitative estimate of drug-likeness (QED) is 0.798. The van der Waals surface area contributed by atoms with Gasteiger partial charge >= 0.3 is 0 Å². The van der Waals surface area contributed by atoms with Crippen molar-refractivity contribution in [2.75, 3.05) is 13.6 Å². The molecular formula is C13H14FN3. The fourth-order valence-electron chi connectivity index (χ4n) is 1.64. The molecule has 0 fully saturated rings. The van der Waals surface area contributed by atoms with Crippen LogP contribution in [0.3, 0.4) is 0 Å². The summed E-state index contributed by atoms with van der Waals surface area (Å²) in [5, 5.41) is 17.4. The molecule has 1 aromatic carbocycles.